The topological polar surface area (TPSA) is 58.6 Å². The number of carbonyl (C=O) groups is 1. The van der Waals surface area contributed by atoms with Crippen molar-refractivity contribution in [2.75, 3.05) is 11.9 Å². The van der Waals surface area contributed by atoms with Crippen molar-refractivity contribution in [3.63, 3.8) is 0 Å². The maximum atomic E-state index is 12.2. The van der Waals surface area contributed by atoms with Crippen molar-refractivity contribution in [3.05, 3.63) is 51.5 Å². The Morgan fingerprint density at radius 2 is 1.77 bits per heavy atom. The van der Waals surface area contributed by atoms with Crippen LogP contribution in [0, 0.1) is 6.92 Å². The minimum atomic E-state index is -0.287. The van der Waals surface area contributed by atoms with Gasteiger partial charge in [0, 0.05) is 5.02 Å². The maximum absolute atomic E-state index is 12.2. The molecule has 4 nitrogen and oxygen atoms in total. The van der Waals surface area contributed by atoms with Gasteiger partial charge in [-0.3, -0.25) is 4.79 Å². The first kappa shape index (κ1) is 25.4. The van der Waals surface area contributed by atoms with Crippen molar-refractivity contribution in [2.24, 2.45) is 0 Å². The fourth-order valence-electron chi connectivity index (χ4n) is 3.35. The molecule has 0 unspecified atom stereocenters. The summed E-state index contributed by atoms with van der Waals surface area (Å²) in [6.45, 7) is 4.18. The molecule has 0 fully saturated rings. The molecule has 6 heteroatoms. The molecule has 2 N–H and O–H groups in total. The van der Waals surface area contributed by atoms with Crippen LogP contribution in [0.5, 0.6) is 11.5 Å². The molecule has 0 aliphatic rings. The van der Waals surface area contributed by atoms with E-state index in [0.29, 0.717) is 10.6 Å². The molecule has 2 aromatic rings. The predicted molar refractivity (Wildman–Crippen MR) is 130 cm³/mol. The SMILES string of the molecule is CCCCCCCCCc1cccc(OCCC(=O)Nc2cc(Cl)c(C)c(Cl)c2O)c1. The molecule has 2 rings (SSSR count). The Labute approximate surface area is 195 Å². The van der Waals surface area contributed by atoms with Crippen LogP contribution in [0.2, 0.25) is 10.0 Å². The third-order valence-corrected chi connectivity index (χ3v) is 6.12. The highest BCUT2D eigenvalue weighted by Gasteiger charge is 2.14. The van der Waals surface area contributed by atoms with E-state index in [2.05, 4.69) is 18.3 Å². The summed E-state index contributed by atoms with van der Waals surface area (Å²) in [6.07, 6.45) is 10.2. The van der Waals surface area contributed by atoms with Crippen LogP contribution in [0.4, 0.5) is 5.69 Å². The Morgan fingerprint density at radius 1 is 1.06 bits per heavy atom. The van der Waals surface area contributed by atoms with Gasteiger partial charge in [-0.1, -0.05) is 80.8 Å². The van der Waals surface area contributed by atoms with E-state index in [0.717, 1.165) is 12.2 Å². The standard InChI is InChI=1S/C25H33Cl2NO3/c1-3-4-5-6-7-8-9-11-19-12-10-13-20(16-19)31-15-14-23(29)28-22-17-21(26)18(2)24(27)25(22)30/h10,12-13,16-17,30H,3-9,11,14-15H2,1-2H3,(H,28,29). The van der Waals surface area contributed by atoms with Gasteiger partial charge >= 0.3 is 0 Å². The molecule has 0 saturated heterocycles. The Morgan fingerprint density at radius 3 is 2.52 bits per heavy atom. The molecule has 0 heterocycles. The number of carbonyl (C=O) groups excluding carboxylic acids is 1. The molecule has 2 aromatic carbocycles. The quantitative estimate of drug-likeness (QED) is 0.235. The largest absolute Gasteiger partial charge is 0.504 e. The number of rotatable bonds is 13. The molecule has 0 radical (unpaired) electrons. The summed E-state index contributed by atoms with van der Waals surface area (Å²) >= 11 is 12.1. The monoisotopic (exact) mass is 465 g/mol. The number of unbranched alkanes of at least 4 members (excludes halogenated alkanes) is 6. The van der Waals surface area contributed by atoms with Crippen LogP contribution in [-0.4, -0.2) is 17.6 Å². The average molecular weight is 466 g/mol. The molecule has 31 heavy (non-hydrogen) atoms. The van der Waals surface area contributed by atoms with Crippen molar-refractivity contribution >= 4 is 34.8 Å². The molecule has 0 saturated carbocycles. The molecule has 0 bridgehead atoms. The van der Waals surface area contributed by atoms with E-state index >= 15 is 0 Å². The first-order valence-corrected chi connectivity index (χ1v) is 11.9. The molecule has 1 amide bonds. The molecule has 0 aromatic heterocycles. The summed E-state index contributed by atoms with van der Waals surface area (Å²) in [7, 11) is 0. The highest BCUT2D eigenvalue weighted by molar-refractivity contribution is 6.37. The summed E-state index contributed by atoms with van der Waals surface area (Å²) in [4.78, 5) is 12.2. The van der Waals surface area contributed by atoms with E-state index in [-0.39, 0.29) is 35.4 Å². The van der Waals surface area contributed by atoms with Crippen LogP contribution in [0.3, 0.4) is 0 Å². The zero-order valence-electron chi connectivity index (χ0n) is 18.5. The minimum absolute atomic E-state index is 0.136. The lowest BCUT2D eigenvalue weighted by molar-refractivity contribution is -0.116. The second kappa shape index (κ2) is 13.5. The molecular formula is C25H33Cl2NO3. The summed E-state index contributed by atoms with van der Waals surface area (Å²) in [5.41, 5.74) is 2.02. The third-order valence-electron chi connectivity index (χ3n) is 5.26. The van der Waals surface area contributed by atoms with E-state index in [4.69, 9.17) is 27.9 Å². The second-order valence-corrected chi connectivity index (χ2v) is 8.64. The smallest absolute Gasteiger partial charge is 0.227 e. The number of hydrogen-bond donors (Lipinski definition) is 2. The van der Waals surface area contributed by atoms with Gasteiger partial charge < -0.3 is 15.2 Å². The van der Waals surface area contributed by atoms with Gasteiger partial charge in [-0.15, -0.1) is 0 Å². The van der Waals surface area contributed by atoms with Crippen LogP contribution >= 0.6 is 23.2 Å². The van der Waals surface area contributed by atoms with Crippen molar-refractivity contribution < 1.29 is 14.6 Å². The summed E-state index contributed by atoms with van der Waals surface area (Å²) in [6, 6.07) is 9.53. The summed E-state index contributed by atoms with van der Waals surface area (Å²) < 4.78 is 5.75. The number of aromatic hydroxyl groups is 1. The van der Waals surface area contributed by atoms with Gasteiger partial charge in [0.2, 0.25) is 5.91 Å². The van der Waals surface area contributed by atoms with Gasteiger partial charge in [0.05, 0.1) is 23.7 Å². The Kier molecular flexibility index (Phi) is 11.0. The highest BCUT2D eigenvalue weighted by atomic mass is 35.5. The van der Waals surface area contributed by atoms with Crippen LogP contribution < -0.4 is 10.1 Å². The van der Waals surface area contributed by atoms with Crippen LogP contribution in [0.1, 0.15) is 69.4 Å². The van der Waals surface area contributed by atoms with Crippen molar-refractivity contribution in [1.82, 2.24) is 0 Å². The summed E-state index contributed by atoms with van der Waals surface area (Å²) in [5.74, 6) is 0.291. The van der Waals surface area contributed by atoms with E-state index < -0.39 is 0 Å². The Balaban J connectivity index is 1.73. The number of halogens is 2. The van der Waals surface area contributed by atoms with Crippen molar-refractivity contribution in [1.29, 1.82) is 0 Å². The number of anilines is 1. The van der Waals surface area contributed by atoms with Gasteiger partial charge in [-0.2, -0.15) is 0 Å². The van der Waals surface area contributed by atoms with E-state index in [1.54, 1.807) is 6.92 Å². The lowest BCUT2D eigenvalue weighted by Gasteiger charge is -2.12. The fourth-order valence-corrected chi connectivity index (χ4v) is 3.81. The number of nitrogens with one attached hydrogen (secondary N) is 1. The van der Waals surface area contributed by atoms with E-state index in [9.17, 15) is 9.90 Å². The molecule has 170 valence electrons. The number of phenolic OH excluding ortho intramolecular Hbond substituents is 1. The molecular weight excluding hydrogens is 433 g/mol. The number of phenols is 1. The minimum Gasteiger partial charge on any atom is -0.504 e. The number of benzene rings is 2. The normalized spacial score (nSPS) is 10.8. The zero-order chi connectivity index (χ0) is 22.6. The van der Waals surface area contributed by atoms with Gasteiger partial charge in [0.1, 0.15) is 5.75 Å². The molecule has 0 spiro atoms. The van der Waals surface area contributed by atoms with Crippen molar-refractivity contribution in [2.45, 2.75) is 71.6 Å². The number of hydrogen-bond acceptors (Lipinski definition) is 3. The van der Waals surface area contributed by atoms with Crippen molar-refractivity contribution in [3.8, 4) is 11.5 Å². The maximum Gasteiger partial charge on any atom is 0.227 e. The lowest BCUT2D eigenvalue weighted by atomic mass is 10.0. The number of ether oxygens (including phenoxy) is 1. The van der Waals surface area contributed by atoms with Crippen LogP contribution in [0.15, 0.2) is 30.3 Å². The van der Waals surface area contributed by atoms with Gasteiger partial charge in [-0.25, -0.2) is 0 Å². The highest BCUT2D eigenvalue weighted by Crippen LogP contribution is 2.38. The van der Waals surface area contributed by atoms with Crippen LogP contribution in [0.25, 0.3) is 0 Å². The average Bonchev–Trinajstić information content (AvgIpc) is 2.75. The Bertz CT molecular complexity index is 855. The first-order valence-electron chi connectivity index (χ1n) is 11.1. The summed E-state index contributed by atoms with van der Waals surface area (Å²) in [5, 5.41) is 13.2. The zero-order valence-corrected chi connectivity index (χ0v) is 20.0. The van der Waals surface area contributed by atoms with E-state index in [1.165, 1.54) is 56.6 Å². The predicted octanol–water partition coefficient (Wildman–Crippen LogP) is 7.71. The van der Waals surface area contributed by atoms with Gasteiger partial charge in [-0.05, 0) is 49.1 Å². The van der Waals surface area contributed by atoms with E-state index in [1.807, 2.05) is 18.2 Å². The molecule has 0 aliphatic heterocycles. The second-order valence-electron chi connectivity index (χ2n) is 7.86. The Hall–Kier alpha value is -1.91. The number of amides is 1. The van der Waals surface area contributed by atoms with Gasteiger partial charge in [0.25, 0.3) is 0 Å². The third kappa shape index (κ3) is 8.62. The fraction of sp³-hybridized carbons (Fsp3) is 0.480. The lowest BCUT2D eigenvalue weighted by Crippen LogP contribution is -2.15. The number of aryl methyl sites for hydroxylation is 1. The first-order chi connectivity index (χ1) is 14.9. The molecule has 0 atom stereocenters. The van der Waals surface area contributed by atoms with Crippen LogP contribution in [-0.2, 0) is 11.2 Å². The molecule has 0 aliphatic carbocycles. The van der Waals surface area contributed by atoms with Gasteiger partial charge in [0.15, 0.2) is 5.75 Å².